The Labute approximate surface area is 160 Å². The van der Waals surface area contributed by atoms with Crippen LogP contribution in [0.1, 0.15) is 61.0 Å². The molecule has 2 aromatic rings. The summed E-state index contributed by atoms with van der Waals surface area (Å²) in [4.78, 5) is 25.6. The number of aromatic hydroxyl groups is 1. The van der Waals surface area contributed by atoms with E-state index in [0.717, 1.165) is 11.1 Å². The Morgan fingerprint density at radius 3 is 2.19 bits per heavy atom. The minimum atomic E-state index is -0.106. The smallest absolute Gasteiger partial charge is 0.257 e. The average Bonchev–Trinajstić information content (AvgIpc) is 2.68. The molecule has 2 heterocycles. The van der Waals surface area contributed by atoms with Gasteiger partial charge in [-0.2, -0.15) is 0 Å². The van der Waals surface area contributed by atoms with Crippen molar-refractivity contribution in [3.63, 3.8) is 0 Å². The number of anilines is 1. The van der Waals surface area contributed by atoms with Gasteiger partial charge in [0.1, 0.15) is 5.75 Å². The molecule has 0 saturated carbocycles. The molecule has 6 nitrogen and oxygen atoms in total. The van der Waals surface area contributed by atoms with Crippen molar-refractivity contribution in [1.82, 2.24) is 14.9 Å². The third kappa shape index (κ3) is 4.04. The molecule has 3 rings (SSSR count). The lowest BCUT2D eigenvalue weighted by Crippen LogP contribution is -2.49. The summed E-state index contributed by atoms with van der Waals surface area (Å²) in [6.07, 6.45) is 3.45. The second kappa shape index (κ2) is 7.94. The van der Waals surface area contributed by atoms with Gasteiger partial charge in [0, 0.05) is 38.6 Å². The van der Waals surface area contributed by atoms with E-state index in [9.17, 15) is 9.90 Å². The molecule has 144 valence electrons. The highest BCUT2D eigenvalue weighted by atomic mass is 16.3. The highest BCUT2D eigenvalue weighted by molar-refractivity contribution is 5.97. The topological polar surface area (TPSA) is 69.6 Å². The molecule has 27 heavy (non-hydrogen) atoms. The van der Waals surface area contributed by atoms with Crippen LogP contribution >= 0.6 is 0 Å². The summed E-state index contributed by atoms with van der Waals surface area (Å²) in [6.45, 7) is 10.8. The van der Waals surface area contributed by atoms with Crippen LogP contribution in [-0.2, 0) is 0 Å². The number of aromatic nitrogens is 2. The van der Waals surface area contributed by atoms with Gasteiger partial charge in [0.15, 0.2) is 0 Å². The van der Waals surface area contributed by atoms with Gasteiger partial charge in [-0.1, -0.05) is 33.8 Å². The second-order valence-electron chi connectivity index (χ2n) is 7.64. The molecule has 1 amide bonds. The number of rotatable bonds is 4. The Morgan fingerprint density at radius 1 is 1.00 bits per heavy atom. The number of phenolic OH excluding ortho intramolecular Hbond substituents is 1. The van der Waals surface area contributed by atoms with E-state index in [1.165, 1.54) is 0 Å². The van der Waals surface area contributed by atoms with Gasteiger partial charge in [-0.3, -0.25) is 4.79 Å². The molecule has 0 unspecified atom stereocenters. The summed E-state index contributed by atoms with van der Waals surface area (Å²) >= 11 is 0. The van der Waals surface area contributed by atoms with Crippen molar-refractivity contribution >= 4 is 11.9 Å². The van der Waals surface area contributed by atoms with Crippen LogP contribution in [0, 0.1) is 0 Å². The highest BCUT2D eigenvalue weighted by Gasteiger charge is 2.27. The van der Waals surface area contributed by atoms with Crippen LogP contribution in [-0.4, -0.2) is 52.1 Å². The summed E-state index contributed by atoms with van der Waals surface area (Å²) in [5.74, 6) is 1.15. The number of carbonyl (C=O) groups excluding carboxylic acids is 1. The van der Waals surface area contributed by atoms with E-state index >= 15 is 0 Å². The molecular formula is C21H28N4O2. The summed E-state index contributed by atoms with van der Waals surface area (Å²) in [7, 11) is 0. The fourth-order valence-electron chi connectivity index (χ4n) is 3.35. The molecule has 0 spiro atoms. The van der Waals surface area contributed by atoms with E-state index < -0.39 is 0 Å². The van der Waals surface area contributed by atoms with Crippen molar-refractivity contribution in [2.24, 2.45) is 0 Å². The van der Waals surface area contributed by atoms with Crippen molar-refractivity contribution in [3.8, 4) is 5.75 Å². The number of carbonyl (C=O) groups is 1. The van der Waals surface area contributed by atoms with Gasteiger partial charge < -0.3 is 14.9 Å². The van der Waals surface area contributed by atoms with E-state index in [4.69, 9.17) is 0 Å². The monoisotopic (exact) mass is 368 g/mol. The maximum absolute atomic E-state index is 13.1. The lowest BCUT2D eigenvalue weighted by molar-refractivity contribution is 0.0743. The van der Waals surface area contributed by atoms with Crippen molar-refractivity contribution in [2.45, 2.75) is 39.5 Å². The fraction of sp³-hybridized carbons (Fsp3) is 0.476. The number of phenols is 1. The Kier molecular flexibility index (Phi) is 5.63. The number of nitrogens with zero attached hydrogens (tertiary/aromatic N) is 4. The molecule has 1 N–H and O–H groups in total. The summed E-state index contributed by atoms with van der Waals surface area (Å²) in [5.41, 5.74) is 2.33. The molecule has 1 aromatic heterocycles. The number of amides is 1. The molecule has 0 aliphatic carbocycles. The zero-order valence-electron chi connectivity index (χ0n) is 16.5. The zero-order valence-corrected chi connectivity index (χ0v) is 16.5. The molecule has 1 fully saturated rings. The Bertz CT molecular complexity index is 797. The van der Waals surface area contributed by atoms with Crippen LogP contribution in [0.5, 0.6) is 5.75 Å². The van der Waals surface area contributed by atoms with Crippen LogP contribution < -0.4 is 4.90 Å². The first-order chi connectivity index (χ1) is 12.9. The zero-order chi connectivity index (χ0) is 19.6. The molecular weight excluding hydrogens is 340 g/mol. The van der Waals surface area contributed by atoms with Gasteiger partial charge in [-0.05, 0) is 35.1 Å². The predicted octanol–water partition coefficient (Wildman–Crippen LogP) is 3.39. The molecule has 1 aliphatic heterocycles. The molecule has 0 bridgehead atoms. The molecule has 0 radical (unpaired) electrons. The van der Waals surface area contributed by atoms with Crippen LogP contribution in [0.3, 0.4) is 0 Å². The van der Waals surface area contributed by atoms with E-state index in [-0.39, 0.29) is 17.6 Å². The van der Waals surface area contributed by atoms with Crippen LogP contribution in [0.4, 0.5) is 5.95 Å². The molecule has 1 aromatic carbocycles. The number of hydrogen-bond acceptors (Lipinski definition) is 5. The van der Waals surface area contributed by atoms with E-state index in [0.29, 0.717) is 43.6 Å². The SMILES string of the molecule is CC(C)c1cc(C(=O)N2CCN(c3ncccn3)CC2)c(O)c(C(C)C)c1. The first-order valence-electron chi connectivity index (χ1n) is 9.56. The minimum Gasteiger partial charge on any atom is -0.507 e. The molecule has 1 saturated heterocycles. The van der Waals surface area contributed by atoms with Crippen molar-refractivity contribution in [3.05, 3.63) is 47.3 Å². The predicted molar refractivity (Wildman–Crippen MR) is 106 cm³/mol. The van der Waals surface area contributed by atoms with Crippen LogP contribution in [0.2, 0.25) is 0 Å². The van der Waals surface area contributed by atoms with Gasteiger partial charge in [-0.15, -0.1) is 0 Å². The van der Waals surface area contributed by atoms with Crippen LogP contribution in [0.25, 0.3) is 0 Å². The maximum Gasteiger partial charge on any atom is 0.257 e. The Hall–Kier alpha value is -2.63. The normalized spacial score (nSPS) is 14.9. The first-order valence-corrected chi connectivity index (χ1v) is 9.56. The van der Waals surface area contributed by atoms with Crippen LogP contribution in [0.15, 0.2) is 30.6 Å². The van der Waals surface area contributed by atoms with Gasteiger partial charge in [0.05, 0.1) is 5.56 Å². The highest BCUT2D eigenvalue weighted by Crippen LogP contribution is 2.34. The lowest BCUT2D eigenvalue weighted by atomic mass is 9.91. The maximum atomic E-state index is 13.1. The molecule has 1 aliphatic rings. The van der Waals surface area contributed by atoms with Gasteiger partial charge in [0.2, 0.25) is 5.95 Å². The first kappa shape index (κ1) is 19.1. The quantitative estimate of drug-likeness (QED) is 0.896. The average molecular weight is 368 g/mol. The number of piperazine rings is 1. The van der Waals surface area contributed by atoms with Crippen molar-refractivity contribution < 1.29 is 9.90 Å². The standard InChI is InChI=1S/C21H28N4O2/c1-14(2)16-12-17(15(3)4)19(26)18(13-16)20(27)24-8-10-25(11-9-24)21-22-6-5-7-23-21/h5-7,12-15,26H,8-11H2,1-4H3. The molecule has 6 heteroatoms. The van der Waals surface area contributed by atoms with Crippen molar-refractivity contribution in [1.29, 1.82) is 0 Å². The van der Waals surface area contributed by atoms with Gasteiger partial charge >= 0.3 is 0 Å². The summed E-state index contributed by atoms with van der Waals surface area (Å²) < 4.78 is 0. The fourth-order valence-corrected chi connectivity index (χ4v) is 3.35. The van der Waals surface area contributed by atoms with Gasteiger partial charge in [-0.25, -0.2) is 9.97 Å². The second-order valence-corrected chi connectivity index (χ2v) is 7.64. The summed E-state index contributed by atoms with van der Waals surface area (Å²) in [6, 6.07) is 5.66. The third-order valence-electron chi connectivity index (χ3n) is 5.08. The van der Waals surface area contributed by atoms with Gasteiger partial charge in [0.25, 0.3) is 5.91 Å². The number of benzene rings is 1. The Balaban J connectivity index is 1.80. The van der Waals surface area contributed by atoms with E-state index in [1.54, 1.807) is 18.5 Å². The summed E-state index contributed by atoms with van der Waals surface area (Å²) in [5, 5.41) is 10.7. The third-order valence-corrected chi connectivity index (χ3v) is 5.08. The van der Waals surface area contributed by atoms with Crippen molar-refractivity contribution in [2.75, 3.05) is 31.1 Å². The van der Waals surface area contributed by atoms with E-state index in [1.807, 2.05) is 30.9 Å². The Morgan fingerprint density at radius 2 is 1.63 bits per heavy atom. The lowest BCUT2D eigenvalue weighted by Gasteiger charge is -2.35. The minimum absolute atomic E-state index is 0.106. The number of hydrogen-bond donors (Lipinski definition) is 1. The molecule has 0 atom stereocenters. The largest absolute Gasteiger partial charge is 0.507 e. The van der Waals surface area contributed by atoms with E-state index in [2.05, 4.69) is 28.7 Å².